The van der Waals surface area contributed by atoms with Crippen molar-refractivity contribution >= 4 is 11.0 Å². The van der Waals surface area contributed by atoms with Crippen LogP contribution in [-0.2, 0) is 31.9 Å². The van der Waals surface area contributed by atoms with Crippen molar-refractivity contribution in [2.24, 2.45) is 0 Å². The molecule has 4 nitrogen and oxygen atoms in total. The number of aromatic nitrogens is 3. The van der Waals surface area contributed by atoms with Gasteiger partial charge < -0.3 is 5.11 Å². The molecule has 0 unspecified atom stereocenters. The normalized spacial score (nSPS) is 11.7. The molecule has 0 atom stereocenters. The standard InChI is InChI=1S/C58H52N3O.Pt/c1-37-24-26-39(27-25-37)41-30-31-59-50(36-41)44-33-43(34-45(35-44)57(3,4)5)47-20-15-22-52-55(47)60-56(48-18-12-13-23-53(48)62)61(52)51-29-28-42(32-38(51)2)54-46(40-16-10-9-11-17-40)19-14-21-49(54)58(6,7)8;/h9-32,34-36,62H,1-8H3;/q-1;. The van der Waals surface area contributed by atoms with Crippen LogP contribution in [0.3, 0.4) is 0 Å². The monoisotopic (exact) mass is 1000 g/mol. The van der Waals surface area contributed by atoms with Crippen LogP contribution < -0.4 is 0 Å². The summed E-state index contributed by atoms with van der Waals surface area (Å²) >= 11 is 0. The van der Waals surface area contributed by atoms with Gasteiger partial charge in [-0.05, 0) is 106 Å². The predicted octanol–water partition coefficient (Wildman–Crippen LogP) is 15.1. The van der Waals surface area contributed by atoms with Gasteiger partial charge in [-0.3, -0.25) is 9.55 Å². The van der Waals surface area contributed by atoms with Gasteiger partial charge in [0.2, 0.25) is 0 Å². The number of nitrogens with zero attached hydrogens (tertiary/aromatic N) is 3. The minimum absolute atomic E-state index is 0. The van der Waals surface area contributed by atoms with E-state index in [4.69, 9.17) is 9.97 Å². The van der Waals surface area contributed by atoms with Crippen LogP contribution in [0.4, 0.5) is 0 Å². The molecular weight excluding hydrogens is 950 g/mol. The second-order valence-electron chi connectivity index (χ2n) is 18.5. The molecule has 0 fully saturated rings. The number of rotatable bonds is 7. The van der Waals surface area contributed by atoms with Crippen LogP contribution in [0.1, 0.15) is 63.8 Å². The first-order valence-electron chi connectivity index (χ1n) is 21.5. The largest absolute Gasteiger partial charge is 0.507 e. The molecule has 0 aliphatic carbocycles. The Morgan fingerprint density at radius 2 is 1.22 bits per heavy atom. The van der Waals surface area contributed by atoms with Crippen LogP contribution in [0.5, 0.6) is 5.75 Å². The summed E-state index contributed by atoms with van der Waals surface area (Å²) < 4.78 is 2.21. The molecule has 0 aliphatic rings. The zero-order chi connectivity index (χ0) is 43.3. The van der Waals surface area contributed by atoms with E-state index in [2.05, 4.69) is 199 Å². The molecule has 316 valence electrons. The number of phenols is 1. The smallest absolute Gasteiger partial charge is 0.148 e. The Hall–Kier alpha value is -6.35. The van der Waals surface area contributed by atoms with Gasteiger partial charge in [0.25, 0.3) is 0 Å². The number of aryl methyl sites for hydroxylation is 2. The number of hydrogen-bond acceptors (Lipinski definition) is 3. The van der Waals surface area contributed by atoms with Crippen LogP contribution in [0.25, 0.3) is 83.9 Å². The number of para-hydroxylation sites is 2. The van der Waals surface area contributed by atoms with E-state index in [0.29, 0.717) is 11.4 Å². The van der Waals surface area contributed by atoms with Gasteiger partial charge in [0, 0.05) is 33.0 Å². The fourth-order valence-electron chi connectivity index (χ4n) is 8.60. The van der Waals surface area contributed by atoms with Crippen molar-refractivity contribution in [3.63, 3.8) is 0 Å². The van der Waals surface area contributed by atoms with E-state index in [1.54, 1.807) is 6.07 Å². The van der Waals surface area contributed by atoms with Crippen molar-refractivity contribution in [2.45, 2.75) is 66.2 Å². The minimum Gasteiger partial charge on any atom is -0.507 e. The van der Waals surface area contributed by atoms with E-state index in [0.717, 1.165) is 61.4 Å². The third-order valence-electron chi connectivity index (χ3n) is 12.0. The summed E-state index contributed by atoms with van der Waals surface area (Å²) in [5.41, 5.74) is 18.7. The molecule has 63 heavy (non-hydrogen) atoms. The summed E-state index contributed by atoms with van der Waals surface area (Å²) in [5.74, 6) is 0.843. The van der Waals surface area contributed by atoms with E-state index in [1.807, 2.05) is 24.4 Å². The number of benzene rings is 7. The van der Waals surface area contributed by atoms with Gasteiger partial charge in [0.05, 0.1) is 22.3 Å². The number of aromatic hydroxyl groups is 1. The van der Waals surface area contributed by atoms with Crippen LogP contribution >= 0.6 is 0 Å². The van der Waals surface area contributed by atoms with Gasteiger partial charge in [0.15, 0.2) is 0 Å². The van der Waals surface area contributed by atoms with Gasteiger partial charge in [-0.2, -0.15) is 0 Å². The maximum atomic E-state index is 11.4. The maximum absolute atomic E-state index is 11.4. The number of hydrogen-bond donors (Lipinski definition) is 1. The second kappa shape index (κ2) is 17.1. The molecule has 9 rings (SSSR count). The second-order valence-corrected chi connectivity index (χ2v) is 18.5. The first-order valence-corrected chi connectivity index (χ1v) is 21.5. The Labute approximate surface area is 386 Å². The molecule has 0 saturated heterocycles. The molecule has 1 N–H and O–H groups in total. The Bertz CT molecular complexity index is 3110. The summed E-state index contributed by atoms with van der Waals surface area (Å²) in [5, 5.41) is 11.4. The first-order chi connectivity index (χ1) is 29.7. The zero-order valence-electron chi connectivity index (χ0n) is 37.2. The Morgan fingerprint density at radius 3 is 1.94 bits per heavy atom. The van der Waals surface area contributed by atoms with Crippen molar-refractivity contribution in [1.82, 2.24) is 14.5 Å². The number of imidazole rings is 1. The fraction of sp³-hybridized carbons (Fsp3) is 0.172. The third kappa shape index (κ3) is 8.45. The fourth-order valence-corrected chi connectivity index (χ4v) is 8.60. The molecule has 0 amide bonds. The van der Waals surface area contributed by atoms with E-state index < -0.39 is 0 Å². The summed E-state index contributed by atoms with van der Waals surface area (Å²) in [6.45, 7) is 17.9. The molecule has 0 bridgehead atoms. The summed E-state index contributed by atoms with van der Waals surface area (Å²) in [6.07, 6.45) is 1.89. The Balaban J connectivity index is 0.00000544. The van der Waals surface area contributed by atoms with E-state index >= 15 is 0 Å². The van der Waals surface area contributed by atoms with Gasteiger partial charge in [-0.1, -0.05) is 167 Å². The topological polar surface area (TPSA) is 50.9 Å². The van der Waals surface area contributed by atoms with Gasteiger partial charge in [-0.25, -0.2) is 4.98 Å². The van der Waals surface area contributed by atoms with Crippen molar-refractivity contribution < 1.29 is 26.2 Å². The van der Waals surface area contributed by atoms with Gasteiger partial charge in [0.1, 0.15) is 11.6 Å². The molecule has 5 heteroatoms. The SMILES string of the molecule is Cc1ccc(-c2ccnc(-c3[c-]c(-c4cccc5c4nc(-c4ccccc4O)n5-c4ccc(-c5c(-c6ccccc6)cccc5C(C)(C)C)cc4C)cc(C(C)(C)C)c3)c2)cc1.[Pt]. The molecule has 7 aromatic carbocycles. The predicted molar refractivity (Wildman–Crippen MR) is 259 cm³/mol. The molecule has 0 saturated carbocycles. The summed E-state index contributed by atoms with van der Waals surface area (Å²) in [7, 11) is 0. The molecule has 0 spiro atoms. The first kappa shape index (κ1) is 43.3. The minimum atomic E-state index is -0.147. The third-order valence-corrected chi connectivity index (χ3v) is 12.0. The van der Waals surface area contributed by atoms with E-state index in [1.165, 1.54) is 33.4 Å². The Morgan fingerprint density at radius 1 is 0.556 bits per heavy atom. The molecule has 0 radical (unpaired) electrons. The summed E-state index contributed by atoms with van der Waals surface area (Å²) in [6, 6.07) is 59.1. The number of pyridine rings is 1. The van der Waals surface area contributed by atoms with Crippen molar-refractivity contribution in [3.8, 4) is 78.6 Å². The number of fused-ring (bicyclic) bond motifs is 1. The number of phenolic OH excluding ortho intramolecular Hbond substituents is 1. The van der Waals surface area contributed by atoms with Crippen LogP contribution in [0, 0.1) is 19.9 Å². The van der Waals surface area contributed by atoms with E-state index in [-0.39, 0.29) is 37.6 Å². The average Bonchev–Trinajstić information content (AvgIpc) is 3.65. The molecule has 0 aliphatic heterocycles. The van der Waals surface area contributed by atoms with Crippen LogP contribution in [-0.4, -0.2) is 19.6 Å². The molecular formula is C58H52N3OPt-. The summed E-state index contributed by atoms with van der Waals surface area (Å²) in [4.78, 5) is 10.3. The molecule has 2 heterocycles. The van der Waals surface area contributed by atoms with Gasteiger partial charge in [-0.15, -0.1) is 29.3 Å². The van der Waals surface area contributed by atoms with Crippen LogP contribution in [0.2, 0.25) is 0 Å². The molecule has 2 aromatic heterocycles. The average molecular weight is 1000 g/mol. The van der Waals surface area contributed by atoms with Crippen LogP contribution in [0.15, 0.2) is 164 Å². The maximum Gasteiger partial charge on any atom is 0.148 e. The van der Waals surface area contributed by atoms with Crippen molar-refractivity contribution in [3.05, 3.63) is 192 Å². The molecule has 9 aromatic rings. The van der Waals surface area contributed by atoms with Crippen molar-refractivity contribution in [2.75, 3.05) is 0 Å². The van der Waals surface area contributed by atoms with E-state index in [9.17, 15) is 5.11 Å². The quantitative estimate of drug-likeness (QED) is 0.162. The Kier molecular flexibility index (Phi) is 11.7. The van der Waals surface area contributed by atoms with Crippen molar-refractivity contribution in [1.29, 1.82) is 0 Å². The zero-order valence-corrected chi connectivity index (χ0v) is 39.5. The van der Waals surface area contributed by atoms with Gasteiger partial charge >= 0.3 is 0 Å².